The van der Waals surface area contributed by atoms with Gasteiger partial charge in [-0.2, -0.15) is 0 Å². The quantitative estimate of drug-likeness (QED) is 0.580. The predicted octanol–water partition coefficient (Wildman–Crippen LogP) is 2.88. The van der Waals surface area contributed by atoms with Gasteiger partial charge in [0.1, 0.15) is 11.6 Å². The number of Topliss-reactive ketones (excluding diaryl/α,β-unsaturated/α-hetero) is 1. The Bertz CT molecular complexity index is 424. The summed E-state index contributed by atoms with van der Waals surface area (Å²) in [6.07, 6.45) is 0.192. The lowest BCUT2D eigenvalue weighted by molar-refractivity contribution is -0.143. The van der Waals surface area contributed by atoms with Crippen molar-refractivity contribution in [1.82, 2.24) is 0 Å². The van der Waals surface area contributed by atoms with Crippen LogP contribution >= 0.6 is 0 Å². The van der Waals surface area contributed by atoms with E-state index in [4.69, 9.17) is 0 Å². The average Bonchev–Trinajstić information content (AvgIpc) is 2.29. The fourth-order valence-corrected chi connectivity index (χ4v) is 1.52. The van der Waals surface area contributed by atoms with Crippen LogP contribution in [0.25, 0.3) is 0 Å². The van der Waals surface area contributed by atoms with E-state index < -0.39 is 29.0 Å². The monoisotopic (exact) mass is 256 g/mol. The molecule has 98 valence electrons. The highest BCUT2D eigenvalue weighted by atomic mass is 19.1. The predicted molar refractivity (Wildman–Crippen MR) is 61.2 cm³/mol. The largest absolute Gasteiger partial charge is 0.466 e. The number of hydrogen-bond acceptors (Lipinski definition) is 3. The van der Waals surface area contributed by atoms with Crippen molar-refractivity contribution in [3.05, 3.63) is 35.4 Å². The van der Waals surface area contributed by atoms with Crippen LogP contribution in [0.15, 0.2) is 18.2 Å². The fraction of sp³-hybridized carbons (Fsp3) is 0.385. The topological polar surface area (TPSA) is 43.4 Å². The zero-order chi connectivity index (χ0) is 13.5. The molecule has 0 amide bonds. The summed E-state index contributed by atoms with van der Waals surface area (Å²) in [5.41, 5.74) is -0.540. The molecular formula is C13H14F2O3. The fourth-order valence-electron chi connectivity index (χ4n) is 1.52. The molecule has 0 aliphatic rings. The molecule has 0 unspecified atom stereocenters. The van der Waals surface area contributed by atoms with Crippen molar-refractivity contribution in [2.24, 2.45) is 0 Å². The van der Waals surface area contributed by atoms with E-state index in [1.165, 1.54) is 6.07 Å². The summed E-state index contributed by atoms with van der Waals surface area (Å²) in [5, 5.41) is 0. The van der Waals surface area contributed by atoms with E-state index in [1.807, 2.05) is 0 Å². The van der Waals surface area contributed by atoms with Crippen LogP contribution in [0.3, 0.4) is 0 Å². The van der Waals surface area contributed by atoms with Crippen molar-refractivity contribution < 1.29 is 23.1 Å². The van der Waals surface area contributed by atoms with Crippen LogP contribution < -0.4 is 0 Å². The molecule has 1 aromatic rings. The van der Waals surface area contributed by atoms with Gasteiger partial charge in [0, 0.05) is 12.8 Å². The van der Waals surface area contributed by atoms with E-state index in [0.29, 0.717) is 0 Å². The molecule has 0 saturated heterocycles. The minimum atomic E-state index is -0.879. The first-order valence-electron chi connectivity index (χ1n) is 5.69. The molecule has 0 spiro atoms. The second-order valence-corrected chi connectivity index (χ2v) is 3.68. The van der Waals surface area contributed by atoms with Gasteiger partial charge in [-0.05, 0) is 25.5 Å². The van der Waals surface area contributed by atoms with Gasteiger partial charge >= 0.3 is 5.97 Å². The van der Waals surface area contributed by atoms with E-state index >= 15 is 0 Å². The summed E-state index contributed by atoms with van der Waals surface area (Å²) >= 11 is 0. The summed E-state index contributed by atoms with van der Waals surface area (Å²) in [6, 6.07) is 3.25. The molecular weight excluding hydrogens is 242 g/mol. The first-order valence-corrected chi connectivity index (χ1v) is 5.69. The Labute approximate surface area is 104 Å². The molecule has 0 atom stereocenters. The number of ether oxygens (including phenoxy) is 1. The number of hydrogen-bond donors (Lipinski definition) is 0. The molecule has 0 fully saturated rings. The van der Waals surface area contributed by atoms with Crippen LogP contribution in [0, 0.1) is 11.6 Å². The molecule has 0 saturated carbocycles. The van der Waals surface area contributed by atoms with Gasteiger partial charge < -0.3 is 4.74 Å². The van der Waals surface area contributed by atoms with Gasteiger partial charge in [0.25, 0.3) is 0 Å². The molecule has 0 N–H and O–H groups in total. The third-order valence-corrected chi connectivity index (χ3v) is 2.33. The Morgan fingerprint density at radius 2 is 1.78 bits per heavy atom. The summed E-state index contributed by atoms with van der Waals surface area (Å²) in [5.74, 6) is -2.82. The lowest BCUT2D eigenvalue weighted by Gasteiger charge is -2.04. The first kappa shape index (κ1) is 14.3. The highest BCUT2D eigenvalue weighted by Gasteiger charge is 2.16. The van der Waals surface area contributed by atoms with E-state index in [0.717, 1.165) is 12.1 Å². The lowest BCUT2D eigenvalue weighted by Crippen LogP contribution is -2.08. The number of ketones is 1. The molecule has 1 aromatic carbocycles. The van der Waals surface area contributed by atoms with E-state index in [1.54, 1.807) is 6.92 Å². The molecule has 0 aliphatic heterocycles. The van der Waals surface area contributed by atoms with E-state index in [9.17, 15) is 18.4 Å². The third-order valence-electron chi connectivity index (χ3n) is 2.33. The van der Waals surface area contributed by atoms with Crippen molar-refractivity contribution in [3.8, 4) is 0 Å². The highest BCUT2D eigenvalue weighted by molar-refractivity contribution is 5.96. The second-order valence-electron chi connectivity index (χ2n) is 3.68. The van der Waals surface area contributed by atoms with Gasteiger partial charge in [-0.1, -0.05) is 6.07 Å². The Balaban J connectivity index is 2.53. The number of rotatable bonds is 6. The van der Waals surface area contributed by atoms with Crippen LogP contribution in [0.4, 0.5) is 8.78 Å². The minimum absolute atomic E-state index is 0.0651. The molecule has 0 heterocycles. The third kappa shape index (κ3) is 3.91. The first-order chi connectivity index (χ1) is 8.56. The van der Waals surface area contributed by atoms with Crippen LogP contribution in [0.1, 0.15) is 36.5 Å². The van der Waals surface area contributed by atoms with Crippen molar-refractivity contribution in [3.63, 3.8) is 0 Å². The SMILES string of the molecule is CCOC(=O)CCCC(=O)c1c(F)cccc1F. The maximum absolute atomic E-state index is 13.3. The Hall–Kier alpha value is -1.78. The smallest absolute Gasteiger partial charge is 0.305 e. The molecule has 3 nitrogen and oxygen atoms in total. The molecule has 1 rings (SSSR count). The standard InChI is InChI=1S/C13H14F2O3/c1-2-18-12(17)8-4-7-11(16)13-9(14)5-3-6-10(13)15/h3,5-6H,2,4,7-8H2,1H3. The average molecular weight is 256 g/mol. The molecule has 0 radical (unpaired) electrons. The number of carbonyl (C=O) groups excluding carboxylic acids is 2. The van der Waals surface area contributed by atoms with Gasteiger partial charge in [0.05, 0.1) is 12.2 Å². The van der Waals surface area contributed by atoms with E-state index in [2.05, 4.69) is 4.74 Å². The molecule has 0 bridgehead atoms. The highest BCUT2D eigenvalue weighted by Crippen LogP contribution is 2.15. The van der Waals surface area contributed by atoms with Crippen molar-refractivity contribution in [2.75, 3.05) is 6.61 Å². The van der Waals surface area contributed by atoms with Crippen LogP contribution in [-0.4, -0.2) is 18.4 Å². The summed E-state index contributed by atoms with van der Waals surface area (Å²) in [4.78, 5) is 22.6. The maximum Gasteiger partial charge on any atom is 0.305 e. The lowest BCUT2D eigenvalue weighted by atomic mass is 10.0. The van der Waals surface area contributed by atoms with Crippen molar-refractivity contribution in [1.29, 1.82) is 0 Å². The molecule has 18 heavy (non-hydrogen) atoms. The minimum Gasteiger partial charge on any atom is -0.466 e. The second kappa shape index (κ2) is 6.83. The summed E-state index contributed by atoms with van der Waals surface area (Å²) in [7, 11) is 0. The van der Waals surface area contributed by atoms with Crippen molar-refractivity contribution in [2.45, 2.75) is 26.2 Å². The zero-order valence-corrected chi connectivity index (χ0v) is 10.0. The zero-order valence-electron chi connectivity index (χ0n) is 10.0. The van der Waals surface area contributed by atoms with Crippen LogP contribution in [0.5, 0.6) is 0 Å². The number of esters is 1. The molecule has 0 aliphatic carbocycles. The number of halogens is 2. The molecule has 5 heteroatoms. The van der Waals surface area contributed by atoms with Crippen molar-refractivity contribution >= 4 is 11.8 Å². The van der Waals surface area contributed by atoms with Gasteiger partial charge in [-0.3, -0.25) is 9.59 Å². The number of benzene rings is 1. The van der Waals surface area contributed by atoms with Crippen LogP contribution in [0.2, 0.25) is 0 Å². The summed E-state index contributed by atoms with van der Waals surface area (Å²) < 4.78 is 31.2. The Morgan fingerprint density at radius 1 is 1.17 bits per heavy atom. The van der Waals surface area contributed by atoms with Gasteiger partial charge in [-0.15, -0.1) is 0 Å². The molecule has 0 aromatic heterocycles. The Kier molecular flexibility index (Phi) is 5.42. The summed E-state index contributed by atoms with van der Waals surface area (Å²) in [6.45, 7) is 1.95. The number of carbonyl (C=O) groups is 2. The van der Waals surface area contributed by atoms with Gasteiger partial charge in [-0.25, -0.2) is 8.78 Å². The van der Waals surface area contributed by atoms with Gasteiger partial charge in [0.15, 0.2) is 5.78 Å². The van der Waals surface area contributed by atoms with E-state index in [-0.39, 0.29) is 25.9 Å². The van der Waals surface area contributed by atoms with Crippen LogP contribution in [-0.2, 0) is 9.53 Å². The van der Waals surface area contributed by atoms with Gasteiger partial charge in [0.2, 0.25) is 0 Å². The maximum atomic E-state index is 13.3. The normalized spacial score (nSPS) is 10.2. The Morgan fingerprint density at radius 3 is 2.33 bits per heavy atom.